The monoisotopic (exact) mass is 275 g/mol. The standard InChI is InChI=1S/C16H22FN3/c1-11(2)16-14(10-20(4)19-16)9-18-12(3)13-5-7-15(17)8-6-13/h5-8,10-12,18H,9H2,1-4H3/t12-/m0/s1. The molecule has 0 bridgehead atoms. The Hall–Kier alpha value is -1.68. The summed E-state index contributed by atoms with van der Waals surface area (Å²) in [6, 6.07) is 6.81. The molecule has 108 valence electrons. The van der Waals surface area contributed by atoms with Crippen LogP contribution < -0.4 is 5.32 Å². The highest BCUT2D eigenvalue weighted by molar-refractivity contribution is 5.22. The van der Waals surface area contributed by atoms with E-state index >= 15 is 0 Å². The van der Waals surface area contributed by atoms with Gasteiger partial charge in [0.25, 0.3) is 0 Å². The molecule has 1 aromatic heterocycles. The van der Waals surface area contributed by atoms with Gasteiger partial charge >= 0.3 is 0 Å². The summed E-state index contributed by atoms with van der Waals surface area (Å²) in [5, 5.41) is 7.97. The zero-order valence-electron chi connectivity index (χ0n) is 12.5. The maximum Gasteiger partial charge on any atom is 0.123 e. The number of rotatable bonds is 5. The van der Waals surface area contributed by atoms with Crippen LogP contribution in [0.5, 0.6) is 0 Å². The Balaban J connectivity index is 2.03. The fourth-order valence-electron chi connectivity index (χ4n) is 2.31. The van der Waals surface area contributed by atoms with Gasteiger partial charge in [-0.1, -0.05) is 26.0 Å². The summed E-state index contributed by atoms with van der Waals surface area (Å²) in [6.45, 7) is 7.14. The van der Waals surface area contributed by atoms with E-state index in [-0.39, 0.29) is 11.9 Å². The molecule has 0 aliphatic heterocycles. The average molecular weight is 275 g/mol. The van der Waals surface area contributed by atoms with Gasteiger partial charge in [0.15, 0.2) is 0 Å². The first-order valence-corrected chi connectivity index (χ1v) is 6.98. The van der Waals surface area contributed by atoms with Crippen LogP contribution in [0.3, 0.4) is 0 Å². The highest BCUT2D eigenvalue weighted by atomic mass is 19.1. The average Bonchev–Trinajstić information content (AvgIpc) is 2.78. The van der Waals surface area contributed by atoms with Crippen LogP contribution in [0.25, 0.3) is 0 Å². The molecule has 0 spiro atoms. The maximum atomic E-state index is 12.9. The SMILES string of the molecule is CC(C)c1nn(C)cc1CN[C@@H](C)c1ccc(F)cc1. The third-order valence-corrected chi connectivity index (χ3v) is 3.45. The van der Waals surface area contributed by atoms with E-state index in [9.17, 15) is 4.39 Å². The fraction of sp³-hybridized carbons (Fsp3) is 0.438. The van der Waals surface area contributed by atoms with E-state index < -0.39 is 0 Å². The molecule has 0 amide bonds. The van der Waals surface area contributed by atoms with Crippen molar-refractivity contribution in [3.05, 3.63) is 53.1 Å². The van der Waals surface area contributed by atoms with Gasteiger partial charge in [-0.25, -0.2) is 4.39 Å². The highest BCUT2D eigenvalue weighted by Gasteiger charge is 2.12. The smallest absolute Gasteiger partial charge is 0.123 e. The fourth-order valence-corrected chi connectivity index (χ4v) is 2.31. The quantitative estimate of drug-likeness (QED) is 0.904. The van der Waals surface area contributed by atoms with E-state index in [1.54, 1.807) is 0 Å². The number of aromatic nitrogens is 2. The molecule has 0 saturated heterocycles. The van der Waals surface area contributed by atoms with Crippen molar-refractivity contribution in [2.45, 2.75) is 39.3 Å². The zero-order chi connectivity index (χ0) is 14.7. The van der Waals surface area contributed by atoms with Crippen LogP contribution in [0.1, 0.15) is 49.6 Å². The number of halogens is 1. The molecular weight excluding hydrogens is 253 g/mol. The molecule has 1 aromatic carbocycles. The van der Waals surface area contributed by atoms with Gasteiger partial charge in [-0.15, -0.1) is 0 Å². The number of hydrogen-bond acceptors (Lipinski definition) is 2. The lowest BCUT2D eigenvalue weighted by Crippen LogP contribution is -2.18. The van der Waals surface area contributed by atoms with Gasteiger partial charge in [-0.2, -0.15) is 5.10 Å². The van der Waals surface area contributed by atoms with Crippen LogP contribution in [0.2, 0.25) is 0 Å². The van der Waals surface area contributed by atoms with Crippen LogP contribution in [-0.4, -0.2) is 9.78 Å². The van der Waals surface area contributed by atoms with E-state index in [0.29, 0.717) is 5.92 Å². The van der Waals surface area contributed by atoms with E-state index in [2.05, 4.69) is 37.4 Å². The molecule has 2 aromatic rings. The lowest BCUT2D eigenvalue weighted by molar-refractivity contribution is 0.567. The Morgan fingerprint density at radius 2 is 1.85 bits per heavy atom. The molecule has 2 rings (SSSR count). The van der Waals surface area contributed by atoms with Crippen molar-refractivity contribution < 1.29 is 4.39 Å². The minimum absolute atomic E-state index is 0.177. The van der Waals surface area contributed by atoms with Gasteiger partial charge in [0.1, 0.15) is 5.82 Å². The minimum atomic E-state index is -0.199. The largest absolute Gasteiger partial charge is 0.306 e. The van der Waals surface area contributed by atoms with Crippen molar-refractivity contribution in [1.82, 2.24) is 15.1 Å². The van der Waals surface area contributed by atoms with Gasteiger partial charge in [0.05, 0.1) is 5.69 Å². The first-order chi connectivity index (χ1) is 9.47. The topological polar surface area (TPSA) is 29.9 Å². The maximum absolute atomic E-state index is 12.9. The summed E-state index contributed by atoms with van der Waals surface area (Å²) in [6.07, 6.45) is 2.06. The summed E-state index contributed by atoms with van der Waals surface area (Å²) >= 11 is 0. The molecule has 20 heavy (non-hydrogen) atoms. The molecule has 1 N–H and O–H groups in total. The molecule has 0 aliphatic rings. The second-order valence-corrected chi connectivity index (χ2v) is 5.52. The Labute approximate surface area is 119 Å². The van der Waals surface area contributed by atoms with Crippen LogP contribution in [0.15, 0.2) is 30.5 Å². The minimum Gasteiger partial charge on any atom is -0.306 e. The highest BCUT2D eigenvalue weighted by Crippen LogP contribution is 2.19. The summed E-state index contributed by atoms with van der Waals surface area (Å²) in [7, 11) is 1.94. The van der Waals surface area contributed by atoms with Crippen LogP contribution in [-0.2, 0) is 13.6 Å². The zero-order valence-corrected chi connectivity index (χ0v) is 12.5. The van der Waals surface area contributed by atoms with Crippen LogP contribution >= 0.6 is 0 Å². The van der Waals surface area contributed by atoms with Gasteiger partial charge in [0.2, 0.25) is 0 Å². The first kappa shape index (κ1) is 14.7. The Morgan fingerprint density at radius 1 is 1.20 bits per heavy atom. The molecule has 0 aliphatic carbocycles. The molecule has 0 fully saturated rings. The van der Waals surface area contributed by atoms with Crippen molar-refractivity contribution in [2.75, 3.05) is 0 Å². The first-order valence-electron chi connectivity index (χ1n) is 6.98. The lowest BCUT2D eigenvalue weighted by atomic mass is 10.1. The van der Waals surface area contributed by atoms with Crippen molar-refractivity contribution in [3.63, 3.8) is 0 Å². The number of aryl methyl sites for hydroxylation is 1. The van der Waals surface area contributed by atoms with Crippen LogP contribution in [0, 0.1) is 5.82 Å². The second-order valence-electron chi connectivity index (χ2n) is 5.52. The molecule has 0 saturated carbocycles. The van der Waals surface area contributed by atoms with Gasteiger partial charge in [-0.05, 0) is 30.5 Å². The molecule has 0 radical (unpaired) electrons. The van der Waals surface area contributed by atoms with E-state index in [1.165, 1.54) is 17.7 Å². The Kier molecular flexibility index (Phi) is 4.55. The van der Waals surface area contributed by atoms with Gasteiger partial charge in [-0.3, -0.25) is 4.68 Å². The summed E-state index contributed by atoms with van der Waals surface area (Å²) in [5.74, 6) is 0.212. The Bertz CT molecular complexity index is 558. The summed E-state index contributed by atoms with van der Waals surface area (Å²) in [4.78, 5) is 0. The number of nitrogens with zero attached hydrogens (tertiary/aromatic N) is 2. The Morgan fingerprint density at radius 3 is 2.45 bits per heavy atom. The number of hydrogen-bond donors (Lipinski definition) is 1. The number of benzene rings is 1. The molecular formula is C16H22FN3. The molecule has 0 unspecified atom stereocenters. The normalized spacial score (nSPS) is 12.9. The van der Waals surface area contributed by atoms with Crippen molar-refractivity contribution in [2.24, 2.45) is 7.05 Å². The molecule has 1 heterocycles. The third kappa shape index (κ3) is 3.45. The predicted molar refractivity (Wildman–Crippen MR) is 79.0 cm³/mol. The van der Waals surface area contributed by atoms with Gasteiger partial charge < -0.3 is 5.32 Å². The van der Waals surface area contributed by atoms with E-state index in [4.69, 9.17) is 0 Å². The predicted octanol–water partition coefficient (Wildman–Crippen LogP) is 3.53. The molecule has 3 nitrogen and oxygen atoms in total. The second kappa shape index (κ2) is 6.18. The molecule has 4 heteroatoms. The third-order valence-electron chi connectivity index (χ3n) is 3.45. The van der Waals surface area contributed by atoms with Crippen molar-refractivity contribution >= 4 is 0 Å². The lowest BCUT2D eigenvalue weighted by Gasteiger charge is -2.14. The van der Waals surface area contributed by atoms with E-state index in [0.717, 1.165) is 17.8 Å². The van der Waals surface area contributed by atoms with E-state index in [1.807, 2.05) is 23.9 Å². The van der Waals surface area contributed by atoms with Crippen molar-refractivity contribution in [1.29, 1.82) is 0 Å². The van der Waals surface area contributed by atoms with Crippen molar-refractivity contribution in [3.8, 4) is 0 Å². The summed E-state index contributed by atoms with van der Waals surface area (Å²) in [5.41, 5.74) is 3.43. The van der Waals surface area contributed by atoms with Gasteiger partial charge in [0, 0.05) is 31.4 Å². The molecule has 1 atom stereocenters. The van der Waals surface area contributed by atoms with Crippen LogP contribution in [0.4, 0.5) is 4.39 Å². The number of nitrogens with one attached hydrogen (secondary N) is 1. The summed E-state index contributed by atoms with van der Waals surface area (Å²) < 4.78 is 14.8.